The van der Waals surface area contributed by atoms with Crippen molar-refractivity contribution in [2.45, 2.75) is 31.7 Å². The van der Waals surface area contributed by atoms with E-state index >= 15 is 0 Å². The van der Waals surface area contributed by atoms with E-state index in [1.165, 1.54) is 5.56 Å². The molecule has 0 N–H and O–H groups in total. The first-order valence-electron chi connectivity index (χ1n) is 7.42. The molecular formula is C15H15F2N5S. The number of alkyl halides is 2. The molecule has 0 bridgehead atoms. The van der Waals surface area contributed by atoms with E-state index in [2.05, 4.69) is 43.9 Å². The predicted molar refractivity (Wildman–Crippen MR) is 84.2 cm³/mol. The molecular weight excluding hydrogens is 320 g/mol. The van der Waals surface area contributed by atoms with Crippen LogP contribution in [-0.4, -0.2) is 32.4 Å². The van der Waals surface area contributed by atoms with Crippen LogP contribution < -0.4 is 4.90 Å². The zero-order valence-corrected chi connectivity index (χ0v) is 13.2. The Kier molecular flexibility index (Phi) is 3.48. The number of nitrogens with zero attached hydrogens (tertiary/aromatic N) is 5. The molecule has 0 aliphatic carbocycles. The molecule has 4 heterocycles. The molecule has 1 saturated heterocycles. The van der Waals surface area contributed by atoms with Gasteiger partial charge in [0.2, 0.25) is 5.82 Å². The lowest BCUT2D eigenvalue weighted by molar-refractivity contribution is 0.137. The monoisotopic (exact) mass is 335 g/mol. The minimum Gasteiger partial charge on any atom is -0.352 e. The second kappa shape index (κ2) is 5.52. The maximum atomic E-state index is 13.0. The molecule has 0 amide bonds. The summed E-state index contributed by atoms with van der Waals surface area (Å²) in [6, 6.07) is 5.96. The third kappa shape index (κ3) is 2.46. The van der Waals surface area contributed by atoms with E-state index in [0.29, 0.717) is 23.4 Å². The van der Waals surface area contributed by atoms with Gasteiger partial charge in [-0.2, -0.15) is 15.9 Å². The summed E-state index contributed by atoms with van der Waals surface area (Å²) in [5, 5.41) is 15.9. The van der Waals surface area contributed by atoms with Crippen molar-refractivity contribution >= 4 is 22.8 Å². The first kappa shape index (κ1) is 14.5. The fraction of sp³-hybridized carbons (Fsp3) is 0.400. The quantitative estimate of drug-likeness (QED) is 0.735. The van der Waals surface area contributed by atoms with E-state index in [1.54, 1.807) is 17.4 Å². The van der Waals surface area contributed by atoms with Gasteiger partial charge in [-0.3, -0.25) is 0 Å². The molecule has 4 rings (SSSR count). The second-order valence-electron chi connectivity index (χ2n) is 5.81. The van der Waals surface area contributed by atoms with Gasteiger partial charge in [0.05, 0.1) is 0 Å². The number of hydrogen-bond donors (Lipinski definition) is 0. The van der Waals surface area contributed by atoms with Crippen LogP contribution in [-0.2, 0) is 0 Å². The second-order valence-corrected chi connectivity index (χ2v) is 6.59. The van der Waals surface area contributed by atoms with Crippen LogP contribution >= 0.6 is 11.3 Å². The molecule has 0 radical (unpaired) electrons. The number of fused-ring (bicyclic) bond motifs is 1. The molecule has 1 fully saturated rings. The highest BCUT2D eigenvalue weighted by atomic mass is 32.1. The third-order valence-corrected chi connectivity index (χ3v) is 5.05. The number of hydrogen-bond acceptors (Lipinski definition) is 5. The Morgan fingerprint density at radius 3 is 2.87 bits per heavy atom. The van der Waals surface area contributed by atoms with E-state index in [1.807, 2.05) is 6.07 Å². The van der Waals surface area contributed by atoms with E-state index < -0.39 is 12.2 Å². The minimum atomic E-state index is -2.69. The molecule has 0 saturated carbocycles. The van der Waals surface area contributed by atoms with Crippen molar-refractivity contribution in [3.63, 3.8) is 0 Å². The molecule has 3 aromatic rings. The smallest absolute Gasteiger partial charge is 0.299 e. The maximum absolute atomic E-state index is 13.0. The van der Waals surface area contributed by atoms with E-state index in [4.69, 9.17) is 0 Å². The maximum Gasteiger partial charge on any atom is 0.299 e. The van der Waals surface area contributed by atoms with Gasteiger partial charge in [-0.1, -0.05) is 0 Å². The van der Waals surface area contributed by atoms with Crippen molar-refractivity contribution in [3.8, 4) is 0 Å². The molecule has 23 heavy (non-hydrogen) atoms. The van der Waals surface area contributed by atoms with Gasteiger partial charge in [-0.15, -0.1) is 15.3 Å². The van der Waals surface area contributed by atoms with Crippen molar-refractivity contribution < 1.29 is 8.78 Å². The number of anilines is 1. The van der Waals surface area contributed by atoms with Crippen molar-refractivity contribution in [2.24, 2.45) is 0 Å². The zero-order chi connectivity index (χ0) is 16.0. The Hall–Kier alpha value is -2.09. The Balaban J connectivity index is 1.67. The highest BCUT2D eigenvalue weighted by molar-refractivity contribution is 7.08. The Morgan fingerprint density at radius 1 is 1.26 bits per heavy atom. The number of halogens is 2. The van der Waals surface area contributed by atoms with Gasteiger partial charge in [0.1, 0.15) is 5.82 Å². The minimum absolute atomic E-state index is 0.302. The van der Waals surface area contributed by atoms with Gasteiger partial charge < -0.3 is 4.90 Å². The zero-order valence-electron chi connectivity index (χ0n) is 12.4. The average Bonchev–Trinajstić information content (AvgIpc) is 3.25. The molecule has 0 aromatic carbocycles. The van der Waals surface area contributed by atoms with Crippen LogP contribution in [0, 0.1) is 0 Å². The third-order valence-electron chi connectivity index (χ3n) is 4.35. The average molecular weight is 335 g/mol. The Bertz CT molecular complexity index is 817. The highest BCUT2D eigenvalue weighted by Crippen LogP contribution is 2.35. The predicted octanol–water partition coefficient (Wildman–Crippen LogP) is 3.51. The van der Waals surface area contributed by atoms with E-state index in [0.717, 1.165) is 17.5 Å². The first-order valence-corrected chi connectivity index (χ1v) is 8.37. The molecule has 0 unspecified atom stereocenters. The molecule has 2 atom stereocenters. The molecule has 1 aliphatic rings. The first-order chi connectivity index (χ1) is 11.1. The van der Waals surface area contributed by atoms with Gasteiger partial charge in [0.25, 0.3) is 6.43 Å². The summed E-state index contributed by atoms with van der Waals surface area (Å²) in [5.41, 5.74) is 1.67. The molecule has 0 spiro atoms. The van der Waals surface area contributed by atoms with E-state index in [-0.39, 0.29) is 0 Å². The number of aromatic nitrogens is 4. The summed E-state index contributed by atoms with van der Waals surface area (Å²) in [6.45, 7) is 2.97. The number of rotatable bonds is 3. The molecule has 8 heteroatoms. The molecule has 1 aliphatic heterocycles. The van der Waals surface area contributed by atoms with Gasteiger partial charge >= 0.3 is 0 Å². The Labute approximate surface area is 135 Å². The van der Waals surface area contributed by atoms with Gasteiger partial charge in [0, 0.05) is 18.5 Å². The van der Waals surface area contributed by atoms with Gasteiger partial charge in [0.15, 0.2) is 5.65 Å². The van der Waals surface area contributed by atoms with E-state index in [9.17, 15) is 8.78 Å². The van der Waals surface area contributed by atoms with Crippen LogP contribution in [0.15, 0.2) is 29.0 Å². The SMILES string of the molecule is C[C@@H]1C[C@@H](c2ccsc2)CN1c1ccc2nnc(C(F)F)n2n1. The van der Waals surface area contributed by atoms with Crippen LogP contribution in [0.5, 0.6) is 0 Å². The summed E-state index contributed by atoms with van der Waals surface area (Å²) in [5.74, 6) is 0.719. The van der Waals surface area contributed by atoms with Crippen molar-refractivity contribution in [3.05, 3.63) is 40.3 Å². The van der Waals surface area contributed by atoms with Crippen LogP contribution in [0.2, 0.25) is 0 Å². The summed E-state index contributed by atoms with van der Waals surface area (Å²) in [6.07, 6.45) is -1.66. The lowest BCUT2D eigenvalue weighted by atomic mass is 10.00. The summed E-state index contributed by atoms with van der Waals surface area (Å²) in [7, 11) is 0. The summed E-state index contributed by atoms with van der Waals surface area (Å²) in [4.78, 5) is 2.16. The van der Waals surface area contributed by atoms with Crippen molar-refractivity contribution in [1.82, 2.24) is 19.8 Å². The van der Waals surface area contributed by atoms with Crippen molar-refractivity contribution in [1.29, 1.82) is 0 Å². The van der Waals surface area contributed by atoms with Gasteiger partial charge in [-0.25, -0.2) is 8.78 Å². The van der Waals surface area contributed by atoms with Crippen molar-refractivity contribution in [2.75, 3.05) is 11.4 Å². The summed E-state index contributed by atoms with van der Waals surface area (Å²) < 4.78 is 27.1. The largest absolute Gasteiger partial charge is 0.352 e. The Morgan fingerprint density at radius 2 is 2.13 bits per heavy atom. The standard InChI is InChI=1S/C15H15F2N5S/c1-9-6-11(10-4-5-23-8-10)7-21(9)13-3-2-12-18-19-15(14(16)17)22(12)20-13/h2-5,8-9,11,14H,6-7H2,1H3/t9-,11-/m1/s1. The normalized spacial score (nSPS) is 21.7. The van der Waals surface area contributed by atoms with Crippen LogP contribution in [0.4, 0.5) is 14.6 Å². The molecule has 5 nitrogen and oxygen atoms in total. The van der Waals surface area contributed by atoms with Crippen LogP contribution in [0.1, 0.15) is 37.1 Å². The summed E-state index contributed by atoms with van der Waals surface area (Å²) >= 11 is 1.69. The topological polar surface area (TPSA) is 46.3 Å². The lowest BCUT2D eigenvalue weighted by Crippen LogP contribution is -2.28. The fourth-order valence-electron chi connectivity index (χ4n) is 3.18. The molecule has 120 valence electrons. The lowest BCUT2D eigenvalue weighted by Gasteiger charge is -2.22. The fourth-order valence-corrected chi connectivity index (χ4v) is 3.93. The molecule has 3 aromatic heterocycles. The van der Waals surface area contributed by atoms with Gasteiger partial charge in [-0.05, 0) is 47.9 Å². The van der Waals surface area contributed by atoms with Crippen LogP contribution in [0.25, 0.3) is 5.65 Å². The van der Waals surface area contributed by atoms with Crippen LogP contribution in [0.3, 0.4) is 0 Å². The highest BCUT2D eigenvalue weighted by Gasteiger charge is 2.31. The number of thiophene rings is 1.